The van der Waals surface area contributed by atoms with E-state index in [-0.39, 0.29) is 17.9 Å². The van der Waals surface area contributed by atoms with Crippen LogP contribution in [0, 0.1) is 0 Å². The molecule has 1 aliphatic carbocycles. The highest BCUT2D eigenvalue weighted by Gasteiger charge is 2.49. The molecule has 1 fully saturated rings. The Hall–Kier alpha value is -2.68. The normalized spacial score (nSPS) is 20.3. The number of nitrogens with zero attached hydrogens (tertiary/aromatic N) is 3. The van der Waals surface area contributed by atoms with Crippen molar-refractivity contribution in [2.75, 3.05) is 4.90 Å². The lowest BCUT2D eigenvalue weighted by atomic mass is 9.91. The molecule has 1 saturated carbocycles. The van der Waals surface area contributed by atoms with Crippen LogP contribution in [0.4, 0.5) is 5.69 Å². The third-order valence-electron chi connectivity index (χ3n) is 7.56. The second-order valence-electron chi connectivity index (χ2n) is 10.1. The number of aromatic nitrogens is 2. The van der Waals surface area contributed by atoms with E-state index < -0.39 is 5.54 Å². The SMILES string of the molecule is CCc1ccc(-c2cc3n(n2)CC(C)(C(=O)NC2CCCCC2)N(c2cccc(CI)c2)C3=O)cc1. The summed E-state index contributed by atoms with van der Waals surface area (Å²) in [6.45, 7) is 4.30. The fraction of sp³-hybridized carbons (Fsp3) is 0.414. The van der Waals surface area contributed by atoms with Gasteiger partial charge in [-0.25, -0.2) is 0 Å². The van der Waals surface area contributed by atoms with Gasteiger partial charge < -0.3 is 5.32 Å². The topological polar surface area (TPSA) is 67.2 Å². The van der Waals surface area contributed by atoms with Crippen LogP contribution in [0.15, 0.2) is 54.6 Å². The summed E-state index contributed by atoms with van der Waals surface area (Å²) in [4.78, 5) is 29.6. The molecule has 1 N–H and O–H groups in total. The third kappa shape index (κ3) is 4.69. The van der Waals surface area contributed by atoms with Crippen molar-refractivity contribution in [2.24, 2.45) is 0 Å². The van der Waals surface area contributed by atoms with Crippen molar-refractivity contribution in [3.8, 4) is 11.3 Å². The van der Waals surface area contributed by atoms with E-state index in [0.717, 1.165) is 59.0 Å². The Kier molecular flexibility index (Phi) is 7.19. The number of carbonyl (C=O) groups is 2. The van der Waals surface area contributed by atoms with Gasteiger partial charge >= 0.3 is 0 Å². The van der Waals surface area contributed by atoms with E-state index in [1.807, 2.05) is 49.4 Å². The lowest BCUT2D eigenvalue weighted by Crippen LogP contribution is -2.65. The van der Waals surface area contributed by atoms with E-state index in [4.69, 9.17) is 5.10 Å². The average Bonchev–Trinajstić information content (AvgIpc) is 3.33. The largest absolute Gasteiger partial charge is 0.351 e. The molecule has 1 unspecified atom stereocenters. The minimum Gasteiger partial charge on any atom is -0.351 e. The van der Waals surface area contributed by atoms with Crippen molar-refractivity contribution >= 4 is 40.1 Å². The molecule has 36 heavy (non-hydrogen) atoms. The number of fused-ring (bicyclic) bond motifs is 1. The Balaban J connectivity index is 1.55. The summed E-state index contributed by atoms with van der Waals surface area (Å²) in [6.07, 6.45) is 6.43. The van der Waals surface area contributed by atoms with Gasteiger partial charge in [0.05, 0.1) is 12.2 Å². The molecular weight excluding hydrogens is 563 g/mol. The first-order chi connectivity index (χ1) is 17.4. The van der Waals surface area contributed by atoms with Crippen molar-refractivity contribution in [1.82, 2.24) is 15.1 Å². The number of anilines is 1. The molecule has 3 aromatic rings. The Morgan fingerprint density at radius 1 is 1.08 bits per heavy atom. The van der Waals surface area contributed by atoms with Gasteiger partial charge in [0.1, 0.15) is 11.2 Å². The first-order valence-corrected chi connectivity index (χ1v) is 14.4. The molecule has 2 aromatic carbocycles. The highest BCUT2D eigenvalue weighted by Crippen LogP contribution is 2.35. The summed E-state index contributed by atoms with van der Waals surface area (Å²) in [5, 5.41) is 8.09. The van der Waals surface area contributed by atoms with Crippen LogP contribution in [0.2, 0.25) is 0 Å². The Labute approximate surface area is 226 Å². The summed E-state index contributed by atoms with van der Waals surface area (Å²) in [5.74, 6) is -0.310. The smallest absolute Gasteiger partial charge is 0.277 e. The molecule has 6 nitrogen and oxygen atoms in total. The number of halogens is 1. The van der Waals surface area contributed by atoms with Crippen molar-refractivity contribution in [3.63, 3.8) is 0 Å². The van der Waals surface area contributed by atoms with Crippen LogP contribution in [-0.4, -0.2) is 33.2 Å². The first kappa shape index (κ1) is 25.0. The molecule has 5 rings (SSSR count). The minimum absolute atomic E-state index is 0.113. The van der Waals surface area contributed by atoms with Gasteiger partial charge in [0.2, 0.25) is 5.91 Å². The standard InChI is InChI=1S/C29H33IN4O2/c1-3-20-12-14-22(15-13-20)25-17-26-27(35)34(24-11-7-8-21(16-24)18-30)29(2,19-33(26)32-25)28(36)31-23-9-5-4-6-10-23/h7-8,11-17,23H,3-6,9-10,18-19H2,1-2H3,(H,31,36). The fourth-order valence-electron chi connectivity index (χ4n) is 5.40. The quantitative estimate of drug-likeness (QED) is 0.284. The number of aryl methyl sites for hydroxylation is 1. The number of amides is 2. The van der Waals surface area contributed by atoms with Crippen LogP contribution in [-0.2, 0) is 22.2 Å². The molecule has 188 valence electrons. The Morgan fingerprint density at radius 3 is 2.53 bits per heavy atom. The average molecular weight is 597 g/mol. The van der Waals surface area contributed by atoms with E-state index in [2.05, 4.69) is 47.0 Å². The summed E-state index contributed by atoms with van der Waals surface area (Å²) >= 11 is 2.32. The maximum absolute atomic E-state index is 14.1. The molecule has 1 aliphatic heterocycles. The van der Waals surface area contributed by atoms with Crippen LogP contribution < -0.4 is 10.2 Å². The van der Waals surface area contributed by atoms with Gasteiger partial charge in [-0.3, -0.25) is 19.2 Å². The molecule has 2 heterocycles. The zero-order chi connectivity index (χ0) is 25.3. The first-order valence-electron chi connectivity index (χ1n) is 12.9. The highest BCUT2D eigenvalue weighted by molar-refractivity contribution is 14.1. The molecule has 2 aliphatic rings. The third-order valence-corrected chi connectivity index (χ3v) is 8.44. The minimum atomic E-state index is -1.10. The second-order valence-corrected chi connectivity index (χ2v) is 10.9. The number of carbonyl (C=O) groups excluding carboxylic acids is 2. The second kappa shape index (κ2) is 10.4. The maximum atomic E-state index is 14.1. The maximum Gasteiger partial charge on any atom is 0.277 e. The molecule has 7 heteroatoms. The van der Waals surface area contributed by atoms with Crippen molar-refractivity contribution in [2.45, 2.75) is 74.9 Å². The van der Waals surface area contributed by atoms with Crippen molar-refractivity contribution in [3.05, 3.63) is 71.4 Å². The van der Waals surface area contributed by atoms with Crippen LogP contribution in [0.5, 0.6) is 0 Å². The summed E-state index contributed by atoms with van der Waals surface area (Å²) in [6, 6.07) is 18.3. The van der Waals surface area contributed by atoms with Crippen LogP contribution in [0.3, 0.4) is 0 Å². The molecule has 0 saturated heterocycles. The van der Waals surface area contributed by atoms with Gasteiger partial charge in [-0.15, -0.1) is 0 Å². The molecule has 2 amide bonds. The van der Waals surface area contributed by atoms with Gasteiger partial charge in [-0.1, -0.05) is 85.2 Å². The highest BCUT2D eigenvalue weighted by atomic mass is 127. The molecule has 0 radical (unpaired) electrons. The fourth-order valence-corrected chi connectivity index (χ4v) is 5.88. The van der Waals surface area contributed by atoms with Crippen molar-refractivity contribution in [1.29, 1.82) is 0 Å². The number of hydrogen-bond acceptors (Lipinski definition) is 3. The van der Waals surface area contributed by atoms with Crippen molar-refractivity contribution < 1.29 is 9.59 Å². The monoisotopic (exact) mass is 596 g/mol. The van der Waals surface area contributed by atoms with E-state index in [0.29, 0.717) is 12.2 Å². The van der Waals surface area contributed by atoms with Crippen LogP contribution >= 0.6 is 22.6 Å². The summed E-state index contributed by atoms with van der Waals surface area (Å²) in [7, 11) is 0. The lowest BCUT2D eigenvalue weighted by Gasteiger charge is -2.44. The van der Waals surface area contributed by atoms with E-state index in [1.54, 1.807) is 9.58 Å². The predicted octanol–water partition coefficient (Wildman–Crippen LogP) is 5.92. The number of benzene rings is 2. The number of hydrogen-bond donors (Lipinski definition) is 1. The van der Waals surface area contributed by atoms with Gasteiger partial charge in [0.25, 0.3) is 5.91 Å². The Morgan fingerprint density at radius 2 is 1.83 bits per heavy atom. The number of nitrogens with one attached hydrogen (secondary N) is 1. The van der Waals surface area contributed by atoms with E-state index in [1.165, 1.54) is 12.0 Å². The van der Waals surface area contributed by atoms with Gasteiger partial charge in [-0.05, 0) is 55.5 Å². The van der Waals surface area contributed by atoms with Gasteiger partial charge in [0.15, 0.2) is 0 Å². The molecule has 1 aromatic heterocycles. The molecular formula is C29H33IN4O2. The zero-order valence-corrected chi connectivity index (χ0v) is 23.1. The zero-order valence-electron chi connectivity index (χ0n) is 21.0. The lowest BCUT2D eigenvalue weighted by molar-refractivity contribution is -0.127. The van der Waals surface area contributed by atoms with Gasteiger partial charge in [-0.2, -0.15) is 5.10 Å². The summed E-state index contributed by atoms with van der Waals surface area (Å²) in [5.41, 5.74) is 4.25. The van der Waals surface area contributed by atoms with Crippen LogP contribution in [0.1, 0.15) is 67.6 Å². The molecule has 0 spiro atoms. The molecule has 1 atom stereocenters. The van der Waals surface area contributed by atoms with E-state index >= 15 is 0 Å². The van der Waals surface area contributed by atoms with E-state index in [9.17, 15) is 9.59 Å². The Bertz CT molecular complexity index is 1260. The number of rotatable bonds is 6. The summed E-state index contributed by atoms with van der Waals surface area (Å²) < 4.78 is 2.55. The number of alkyl halides is 1. The van der Waals surface area contributed by atoms with Crippen LogP contribution in [0.25, 0.3) is 11.3 Å². The predicted molar refractivity (Wildman–Crippen MR) is 151 cm³/mol. The van der Waals surface area contributed by atoms with Gasteiger partial charge in [0, 0.05) is 21.7 Å². The molecule has 0 bridgehead atoms.